The van der Waals surface area contributed by atoms with E-state index in [9.17, 15) is 4.39 Å². The molecular formula is C15H15F. The molecular weight excluding hydrogens is 199 g/mol. The fraction of sp³-hybridized carbons (Fsp3) is 0.200. The average molecular weight is 214 g/mol. The SMILES string of the molecule is Cc1ccc(Cc2cccc(F)c2)c(C)c1. The largest absolute Gasteiger partial charge is 0.207 e. The van der Waals surface area contributed by atoms with Crippen LogP contribution in [-0.2, 0) is 6.42 Å². The van der Waals surface area contributed by atoms with Crippen LogP contribution >= 0.6 is 0 Å². The van der Waals surface area contributed by atoms with Crippen LogP contribution < -0.4 is 0 Å². The molecule has 0 heterocycles. The van der Waals surface area contributed by atoms with Crippen molar-refractivity contribution in [1.82, 2.24) is 0 Å². The summed E-state index contributed by atoms with van der Waals surface area (Å²) < 4.78 is 13.0. The monoisotopic (exact) mass is 214 g/mol. The minimum absolute atomic E-state index is 0.165. The molecule has 0 saturated carbocycles. The minimum Gasteiger partial charge on any atom is -0.207 e. The van der Waals surface area contributed by atoms with Gasteiger partial charge in [-0.25, -0.2) is 4.39 Å². The van der Waals surface area contributed by atoms with Crippen LogP contribution in [0.5, 0.6) is 0 Å². The lowest BCUT2D eigenvalue weighted by Crippen LogP contribution is -1.93. The second-order valence-electron chi connectivity index (χ2n) is 4.24. The van der Waals surface area contributed by atoms with Gasteiger partial charge >= 0.3 is 0 Å². The highest BCUT2D eigenvalue weighted by molar-refractivity contribution is 5.34. The zero-order valence-corrected chi connectivity index (χ0v) is 9.63. The molecule has 82 valence electrons. The van der Waals surface area contributed by atoms with Crippen LogP contribution in [0.1, 0.15) is 22.3 Å². The van der Waals surface area contributed by atoms with Crippen LogP contribution in [0.3, 0.4) is 0 Å². The Morgan fingerprint density at radius 3 is 2.50 bits per heavy atom. The van der Waals surface area contributed by atoms with Crippen molar-refractivity contribution in [1.29, 1.82) is 0 Å². The summed E-state index contributed by atoms with van der Waals surface area (Å²) in [5, 5.41) is 0. The van der Waals surface area contributed by atoms with Crippen LogP contribution in [0.4, 0.5) is 4.39 Å². The number of halogens is 1. The van der Waals surface area contributed by atoms with Crippen LogP contribution in [0.25, 0.3) is 0 Å². The van der Waals surface area contributed by atoms with Gasteiger partial charge in [0.1, 0.15) is 5.82 Å². The standard InChI is InChI=1S/C15H15F/c1-11-6-7-14(12(2)8-11)9-13-4-3-5-15(16)10-13/h3-8,10H,9H2,1-2H3. The summed E-state index contributed by atoms with van der Waals surface area (Å²) in [6.45, 7) is 4.18. The minimum atomic E-state index is -0.165. The second-order valence-corrected chi connectivity index (χ2v) is 4.24. The second kappa shape index (κ2) is 4.48. The molecule has 0 aliphatic rings. The van der Waals surface area contributed by atoms with Gasteiger partial charge in [-0.15, -0.1) is 0 Å². The summed E-state index contributed by atoms with van der Waals surface area (Å²) in [6, 6.07) is 13.2. The average Bonchev–Trinajstić information content (AvgIpc) is 2.22. The lowest BCUT2D eigenvalue weighted by atomic mass is 9.99. The zero-order chi connectivity index (χ0) is 11.5. The Balaban J connectivity index is 2.27. The molecule has 2 rings (SSSR count). The van der Waals surface area contributed by atoms with Crippen molar-refractivity contribution in [2.45, 2.75) is 20.3 Å². The van der Waals surface area contributed by atoms with Crippen LogP contribution in [0, 0.1) is 19.7 Å². The van der Waals surface area contributed by atoms with Gasteiger partial charge in [0.05, 0.1) is 0 Å². The molecule has 0 N–H and O–H groups in total. The molecule has 0 atom stereocenters. The Morgan fingerprint density at radius 1 is 1.00 bits per heavy atom. The third-order valence-corrected chi connectivity index (χ3v) is 2.78. The van der Waals surface area contributed by atoms with Crippen LogP contribution in [-0.4, -0.2) is 0 Å². The summed E-state index contributed by atoms with van der Waals surface area (Å²) in [6.07, 6.45) is 0.796. The number of hydrogen-bond donors (Lipinski definition) is 0. The van der Waals surface area contributed by atoms with E-state index in [4.69, 9.17) is 0 Å². The summed E-state index contributed by atoms with van der Waals surface area (Å²) in [7, 11) is 0. The highest BCUT2D eigenvalue weighted by atomic mass is 19.1. The van der Waals surface area contributed by atoms with Crippen molar-refractivity contribution in [3.8, 4) is 0 Å². The van der Waals surface area contributed by atoms with Crippen molar-refractivity contribution in [2.24, 2.45) is 0 Å². The molecule has 0 fully saturated rings. The fourth-order valence-corrected chi connectivity index (χ4v) is 1.91. The van der Waals surface area contributed by atoms with Gasteiger partial charge in [0.2, 0.25) is 0 Å². The van der Waals surface area contributed by atoms with Crippen molar-refractivity contribution >= 4 is 0 Å². The number of benzene rings is 2. The molecule has 0 spiro atoms. The normalized spacial score (nSPS) is 10.4. The lowest BCUT2D eigenvalue weighted by molar-refractivity contribution is 0.626. The van der Waals surface area contributed by atoms with Crippen molar-refractivity contribution in [3.63, 3.8) is 0 Å². The Hall–Kier alpha value is -1.63. The molecule has 0 bridgehead atoms. The van der Waals surface area contributed by atoms with E-state index in [0.29, 0.717) is 0 Å². The smallest absolute Gasteiger partial charge is 0.123 e. The molecule has 0 radical (unpaired) electrons. The first-order valence-corrected chi connectivity index (χ1v) is 5.46. The first kappa shape index (κ1) is 10.9. The molecule has 0 saturated heterocycles. The van der Waals surface area contributed by atoms with Gasteiger partial charge in [0, 0.05) is 0 Å². The molecule has 2 aromatic rings. The van der Waals surface area contributed by atoms with E-state index in [2.05, 4.69) is 32.0 Å². The predicted molar refractivity (Wildman–Crippen MR) is 65.1 cm³/mol. The van der Waals surface area contributed by atoms with Crippen LogP contribution in [0.2, 0.25) is 0 Å². The maximum Gasteiger partial charge on any atom is 0.123 e. The molecule has 0 nitrogen and oxygen atoms in total. The van der Waals surface area contributed by atoms with Gasteiger partial charge < -0.3 is 0 Å². The quantitative estimate of drug-likeness (QED) is 0.708. The lowest BCUT2D eigenvalue weighted by Gasteiger charge is -2.07. The van der Waals surface area contributed by atoms with E-state index < -0.39 is 0 Å². The summed E-state index contributed by atoms with van der Waals surface area (Å²) in [4.78, 5) is 0. The van der Waals surface area contributed by atoms with E-state index in [1.807, 2.05) is 6.07 Å². The van der Waals surface area contributed by atoms with E-state index in [0.717, 1.165) is 12.0 Å². The highest BCUT2D eigenvalue weighted by Crippen LogP contribution is 2.16. The van der Waals surface area contributed by atoms with Gasteiger partial charge in [0.25, 0.3) is 0 Å². The van der Waals surface area contributed by atoms with Gasteiger partial charge in [-0.3, -0.25) is 0 Å². The molecule has 16 heavy (non-hydrogen) atoms. The van der Waals surface area contributed by atoms with Crippen molar-refractivity contribution in [3.05, 3.63) is 70.5 Å². The summed E-state index contributed by atoms with van der Waals surface area (Å²) >= 11 is 0. The topological polar surface area (TPSA) is 0 Å². The highest BCUT2D eigenvalue weighted by Gasteiger charge is 2.01. The predicted octanol–water partition coefficient (Wildman–Crippen LogP) is 4.03. The molecule has 0 aliphatic carbocycles. The molecule has 2 aromatic carbocycles. The molecule has 1 heteroatoms. The van der Waals surface area contributed by atoms with Crippen LogP contribution in [0.15, 0.2) is 42.5 Å². The van der Waals surface area contributed by atoms with E-state index in [1.54, 1.807) is 12.1 Å². The maximum absolute atomic E-state index is 13.0. The zero-order valence-electron chi connectivity index (χ0n) is 9.63. The first-order valence-electron chi connectivity index (χ1n) is 5.46. The van der Waals surface area contributed by atoms with Crippen molar-refractivity contribution in [2.75, 3.05) is 0 Å². The maximum atomic E-state index is 13.0. The Labute approximate surface area is 95.7 Å². The summed E-state index contributed by atoms with van der Waals surface area (Å²) in [5.74, 6) is -0.165. The molecule has 0 aliphatic heterocycles. The van der Waals surface area contributed by atoms with E-state index >= 15 is 0 Å². The van der Waals surface area contributed by atoms with Gasteiger partial charge in [-0.05, 0) is 49.1 Å². The van der Waals surface area contributed by atoms with E-state index in [1.165, 1.54) is 22.8 Å². The Kier molecular flexibility index (Phi) is 3.04. The van der Waals surface area contributed by atoms with E-state index in [-0.39, 0.29) is 5.82 Å². The Morgan fingerprint density at radius 2 is 1.81 bits per heavy atom. The number of aryl methyl sites for hydroxylation is 2. The summed E-state index contributed by atoms with van der Waals surface area (Å²) in [5.41, 5.74) is 4.81. The number of hydrogen-bond acceptors (Lipinski definition) is 0. The van der Waals surface area contributed by atoms with Gasteiger partial charge in [-0.2, -0.15) is 0 Å². The Bertz CT molecular complexity index is 501. The molecule has 0 unspecified atom stereocenters. The number of rotatable bonds is 2. The molecule has 0 aromatic heterocycles. The fourth-order valence-electron chi connectivity index (χ4n) is 1.91. The first-order chi connectivity index (χ1) is 7.65. The van der Waals surface area contributed by atoms with Gasteiger partial charge in [0.15, 0.2) is 0 Å². The third-order valence-electron chi connectivity index (χ3n) is 2.78. The van der Waals surface area contributed by atoms with Crippen molar-refractivity contribution < 1.29 is 4.39 Å². The third kappa shape index (κ3) is 2.48. The molecule has 0 amide bonds. The van der Waals surface area contributed by atoms with Gasteiger partial charge in [-0.1, -0.05) is 35.9 Å².